The van der Waals surface area contributed by atoms with Gasteiger partial charge in [-0.25, -0.2) is 0 Å². The predicted octanol–water partition coefficient (Wildman–Crippen LogP) is 3.72. The minimum absolute atomic E-state index is 0. The van der Waals surface area contributed by atoms with Gasteiger partial charge in [-0.2, -0.15) is 0 Å². The molecule has 5 heteroatoms. The maximum atomic E-state index is 6.13. The van der Waals surface area contributed by atoms with Crippen LogP contribution in [0.4, 0.5) is 5.69 Å². The zero-order valence-corrected chi connectivity index (χ0v) is 15.7. The molecule has 0 aromatic heterocycles. The second-order valence-electron chi connectivity index (χ2n) is 6.59. The van der Waals surface area contributed by atoms with Gasteiger partial charge in [0.25, 0.3) is 0 Å². The standard InChI is InChI=1S/C18H27N3.2ClH/c1-14(19)18-8-7-17(21-11-9-20(2)10-12-21)13-16(18)6-5-15-3-4-15;;/h5-8,13-15H,3-4,9-12,19H2,1-2H3;2*1H/b6-5+;;/t14-;;/m1../s1. The Hall–Kier alpha value is -0.740. The van der Waals surface area contributed by atoms with E-state index in [-0.39, 0.29) is 30.9 Å². The van der Waals surface area contributed by atoms with Crippen molar-refractivity contribution in [2.75, 3.05) is 38.1 Å². The highest BCUT2D eigenvalue weighted by atomic mass is 35.5. The summed E-state index contributed by atoms with van der Waals surface area (Å²) in [7, 11) is 2.19. The third kappa shape index (κ3) is 5.39. The molecule has 2 fully saturated rings. The third-order valence-corrected chi connectivity index (χ3v) is 4.60. The van der Waals surface area contributed by atoms with Gasteiger partial charge in [-0.1, -0.05) is 18.2 Å². The third-order valence-electron chi connectivity index (χ3n) is 4.60. The molecule has 130 valence electrons. The van der Waals surface area contributed by atoms with E-state index in [1.165, 1.54) is 29.7 Å². The predicted molar refractivity (Wildman–Crippen MR) is 105 cm³/mol. The number of nitrogens with two attached hydrogens (primary N) is 1. The van der Waals surface area contributed by atoms with Gasteiger partial charge in [-0.3, -0.25) is 0 Å². The van der Waals surface area contributed by atoms with E-state index < -0.39 is 0 Å². The van der Waals surface area contributed by atoms with Crippen LogP contribution in [0.3, 0.4) is 0 Å². The van der Waals surface area contributed by atoms with Gasteiger partial charge in [-0.15, -0.1) is 24.8 Å². The van der Waals surface area contributed by atoms with E-state index in [0.717, 1.165) is 32.1 Å². The molecule has 1 aliphatic heterocycles. The van der Waals surface area contributed by atoms with Crippen LogP contribution in [0.5, 0.6) is 0 Å². The van der Waals surface area contributed by atoms with Crippen molar-refractivity contribution < 1.29 is 0 Å². The molecule has 2 N–H and O–H groups in total. The molecule has 3 nitrogen and oxygen atoms in total. The topological polar surface area (TPSA) is 32.5 Å². The molecule has 0 bridgehead atoms. The van der Waals surface area contributed by atoms with E-state index in [9.17, 15) is 0 Å². The van der Waals surface area contributed by atoms with Gasteiger partial charge in [0.05, 0.1) is 0 Å². The van der Waals surface area contributed by atoms with E-state index in [2.05, 4.69) is 54.1 Å². The first-order chi connectivity index (χ1) is 10.1. The quantitative estimate of drug-likeness (QED) is 0.890. The smallest absolute Gasteiger partial charge is 0.0373 e. The van der Waals surface area contributed by atoms with Crippen molar-refractivity contribution in [2.24, 2.45) is 11.7 Å². The van der Waals surface area contributed by atoms with Crippen molar-refractivity contribution in [3.05, 3.63) is 35.4 Å². The summed E-state index contributed by atoms with van der Waals surface area (Å²) in [5.41, 5.74) is 10.0. The lowest BCUT2D eigenvalue weighted by Gasteiger charge is -2.34. The van der Waals surface area contributed by atoms with Gasteiger partial charge in [0, 0.05) is 37.9 Å². The fourth-order valence-corrected chi connectivity index (χ4v) is 2.91. The van der Waals surface area contributed by atoms with Crippen LogP contribution in [0, 0.1) is 5.92 Å². The summed E-state index contributed by atoms with van der Waals surface area (Å²) in [6.45, 7) is 6.57. The number of rotatable bonds is 4. The van der Waals surface area contributed by atoms with Crippen LogP contribution >= 0.6 is 24.8 Å². The normalized spacial score (nSPS) is 20.0. The van der Waals surface area contributed by atoms with E-state index in [1.807, 2.05) is 0 Å². The summed E-state index contributed by atoms with van der Waals surface area (Å²) in [4.78, 5) is 4.88. The Labute approximate surface area is 152 Å². The van der Waals surface area contributed by atoms with Crippen LogP contribution in [-0.4, -0.2) is 38.1 Å². The first-order valence-corrected chi connectivity index (χ1v) is 8.14. The molecular formula is C18H29Cl2N3. The maximum absolute atomic E-state index is 6.13. The summed E-state index contributed by atoms with van der Waals surface area (Å²) in [5, 5.41) is 0. The zero-order chi connectivity index (χ0) is 14.8. The Morgan fingerprint density at radius 1 is 1.13 bits per heavy atom. The van der Waals surface area contributed by atoms with Crippen molar-refractivity contribution >= 4 is 36.6 Å². The molecule has 23 heavy (non-hydrogen) atoms. The van der Waals surface area contributed by atoms with Crippen LogP contribution in [0.1, 0.15) is 36.9 Å². The van der Waals surface area contributed by atoms with Crippen molar-refractivity contribution in [3.63, 3.8) is 0 Å². The summed E-state index contributed by atoms with van der Waals surface area (Å²) in [6.07, 6.45) is 7.34. The molecule has 1 aromatic carbocycles. The van der Waals surface area contributed by atoms with Crippen molar-refractivity contribution in [1.29, 1.82) is 0 Å². The lowest BCUT2D eigenvalue weighted by Crippen LogP contribution is -2.44. The number of likely N-dealkylation sites (N-methyl/N-ethyl adjacent to an activating group) is 1. The van der Waals surface area contributed by atoms with E-state index in [4.69, 9.17) is 5.73 Å². The van der Waals surface area contributed by atoms with Gasteiger partial charge in [0.1, 0.15) is 0 Å². The Kier molecular flexibility index (Phi) is 7.88. The average Bonchev–Trinajstić information content (AvgIpc) is 3.29. The second-order valence-corrected chi connectivity index (χ2v) is 6.59. The van der Waals surface area contributed by atoms with E-state index in [1.54, 1.807) is 0 Å². The van der Waals surface area contributed by atoms with Crippen LogP contribution in [0.2, 0.25) is 0 Å². The summed E-state index contributed by atoms with van der Waals surface area (Å²) in [6, 6.07) is 6.86. The summed E-state index contributed by atoms with van der Waals surface area (Å²) < 4.78 is 0. The Morgan fingerprint density at radius 2 is 1.78 bits per heavy atom. The molecular weight excluding hydrogens is 329 g/mol. The first-order valence-electron chi connectivity index (χ1n) is 8.14. The number of nitrogens with zero attached hydrogens (tertiary/aromatic N) is 2. The molecule has 1 saturated heterocycles. The minimum atomic E-state index is 0. The highest BCUT2D eigenvalue weighted by Crippen LogP contribution is 2.32. The molecule has 1 atom stereocenters. The van der Waals surface area contributed by atoms with Gasteiger partial charge < -0.3 is 15.5 Å². The van der Waals surface area contributed by atoms with Crippen LogP contribution in [0.15, 0.2) is 24.3 Å². The number of anilines is 1. The monoisotopic (exact) mass is 357 g/mol. The average molecular weight is 358 g/mol. The number of benzene rings is 1. The fourth-order valence-electron chi connectivity index (χ4n) is 2.91. The lowest BCUT2D eigenvalue weighted by atomic mass is 10.00. The molecule has 3 rings (SSSR count). The maximum Gasteiger partial charge on any atom is 0.0373 e. The zero-order valence-electron chi connectivity index (χ0n) is 14.1. The van der Waals surface area contributed by atoms with Crippen LogP contribution < -0.4 is 10.6 Å². The van der Waals surface area contributed by atoms with Gasteiger partial charge in [-0.05, 0) is 56.0 Å². The fraction of sp³-hybridized carbons (Fsp3) is 0.556. The van der Waals surface area contributed by atoms with E-state index >= 15 is 0 Å². The number of allylic oxidation sites excluding steroid dienone is 1. The molecule has 1 heterocycles. The molecule has 1 aliphatic carbocycles. The number of hydrogen-bond donors (Lipinski definition) is 1. The largest absolute Gasteiger partial charge is 0.369 e. The van der Waals surface area contributed by atoms with Crippen molar-refractivity contribution in [2.45, 2.75) is 25.8 Å². The molecule has 2 aliphatic rings. The molecule has 1 aromatic rings. The molecule has 1 saturated carbocycles. The lowest BCUT2D eigenvalue weighted by molar-refractivity contribution is 0.313. The summed E-state index contributed by atoms with van der Waals surface area (Å²) >= 11 is 0. The van der Waals surface area contributed by atoms with Crippen molar-refractivity contribution in [3.8, 4) is 0 Å². The summed E-state index contributed by atoms with van der Waals surface area (Å²) in [5.74, 6) is 0.804. The number of halogens is 2. The van der Waals surface area contributed by atoms with E-state index in [0.29, 0.717) is 0 Å². The minimum Gasteiger partial charge on any atom is -0.369 e. The van der Waals surface area contributed by atoms with Gasteiger partial charge in [0.15, 0.2) is 0 Å². The highest BCUT2D eigenvalue weighted by molar-refractivity contribution is 5.85. The molecule has 0 radical (unpaired) electrons. The molecule has 0 amide bonds. The SMILES string of the molecule is C[C@@H](N)c1ccc(N2CCN(C)CC2)cc1/C=C/C1CC1.Cl.Cl. The Morgan fingerprint density at radius 3 is 2.35 bits per heavy atom. The Bertz CT molecular complexity index is 519. The van der Waals surface area contributed by atoms with Crippen LogP contribution in [0.25, 0.3) is 6.08 Å². The van der Waals surface area contributed by atoms with Crippen molar-refractivity contribution in [1.82, 2.24) is 4.90 Å². The highest BCUT2D eigenvalue weighted by Gasteiger charge is 2.18. The van der Waals surface area contributed by atoms with Gasteiger partial charge >= 0.3 is 0 Å². The number of hydrogen-bond acceptors (Lipinski definition) is 3. The van der Waals surface area contributed by atoms with Gasteiger partial charge in [0.2, 0.25) is 0 Å². The Balaban J connectivity index is 0.00000132. The molecule has 0 spiro atoms. The first kappa shape index (κ1) is 20.3. The molecule has 0 unspecified atom stereocenters. The number of piperazine rings is 1. The van der Waals surface area contributed by atoms with Crippen LogP contribution in [-0.2, 0) is 0 Å². The second kappa shape index (κ2) is 8.93.